The van der Waals surface area contributed by atoms with Crippen LogP contribution in [0.4, 0.5) is 5.95 Å². The summed E-state index contributed by atoms with van der Waals surface area (Å²) in [5.41, 5.74) is 0.407. The molecular weight excluding hydrogens is 380 g/mol. The van der Waals surface area contributed by atoms with E-state index in [1.165, 1.54) is 0 Å². The number of halogens is 1. The van der Waals surface area contributed by atoms with Crippen LogP contribution in [0.2, 0.25) is 0 Å². The van der Waals surface area contributed by atoms with Crippen LogP contribution in [0.3, 0.4) is 0 Å². The van der Waals surface area contributed by atoms with Crippen molar-refractivity contribution >= 4 is 38.9 Å². The summed E-state index contributed by atoms with van der Waals surface area (Å²) in [6, 6.07) is 4.79. The van der Waals surface area contributed by atoms with Gasteiger partial charge in [0.1, 0.15) is 0 Å². The molecule has 2 aromatic rings. The average Bonchev–Trinajstić information content (AvgIpc) is 3.00. The maximum Gasteiger partial charge on any atom is 0.463 e. The minimum absolute atomic E-state index is 0.000306. The number of anilines is 1. The van der Waals surface area contributed by atoms with E-state index in [4.69, 9.17) is 4.74 Å². The van der Waals surface area contributed by atoms with Crippen LogP contribution in [0, 0.1) is 16.3 Å². The van der Waals surface area contributed by atoms with E-state index in [0.717, 1.165) is 0 Å². The minimum Gasteiger partial charge on any atom is -0.739 e. The standard InChI is InChI=1S/C15H17BrN4O4/c1-9(2)24-14(21)10-5-6-18(8-10)15-17-20(23)13-7-11(16)3-4-12(13)19(15)22/h3-4,7,9-10H,5-6,8H2,1-2H3. The van der Waals surface area contributed by atoms with Crippen molar-refractivity contribution in [3.63, 3.8) is 0 Å². The van der Waals surface area contributed by atoms with E-state index in [0.29, 0.717) is 33.6 Å². The molecule has 0 N–H and O–H groups in total. The number of aromatic nitrogens is 3. The Bertz CT molecular complexity index is 799. The molecule has 9 heteroatoms. The second-order valence-electron chi connectivity index (χ2n) is 6.02. The second kappa shape index (κ2) is 6.39. The molecule has 1 saturated heterocycles. The van der Waals surface area contributed by atoms with Crippen LogP contribution in [0.5, 0.6) is 0 Å². The fraction of sp³-hybridized carbons (Fsp3) is 0.467. The second-order valence-corrected chi connectivity index (χ2v) is 6.93. The van der Waals surface area contributed by atoms with E-state index in [2.05, 4.69) is 21.0 Å². The smallest absolute Gasteiger partial charge is 0.463 e. The Kier molecular flexibility index (Phi) is 4.44. The third-order valence-corrected chi connectivity index (χ3v) is 4.37. The molecule has 128 valence electrons. The summed E-state index contributed by atoms with van der Waals surface area (Å²) in [5.74, 6) is -0.612. The molecule has 1 aromatic heterocycles. The Morgan fingerprint density at radius 3 is 2.88 bits per heavy atom. The number of hydrogen-bond donors (Lipinski definition) is 0. The number of benzene rings is 1. The molecule has 1 aromatic carbocycles. The third kappa shape index (κ3) is 3.08. The molecule has 0 aliphatic carbocycles. The number of ether oxygens (including phenoxy) is 1. The summed E-state index contributed by atoms with van der Waals surface area (Å²) in [5, 5.41) is 28.5. The number of rotatable bonds is 3. The molecule has 8 nitrogen and oxygen atoms in total. The molecule has 1 atom stereocenters. The molecule has 0 amide bonds. The summed E-state index contributed by atoms with van der Waals surface area (Å²) in [6.45, 7) is 4.36. The Balaban J connectivity index is 1.89. The van der Waals surface area contributed by atoms with Gasteiger partial charge in [-0.15, -0.1) is 0 Å². The molecule has 3 rings (SSSR count). The van der Waals surface area contributed by atoms with E-state index in [1.807, 2.05) is 0 Å². The predicted octanol–water partition coefficient (Wildman–Crippen LogP) is 1.04. The van der Waals surface area contributed by atoms with Gasteiger partial charge in [0.2, 0.25) is 5.10 Å². The van der Waals surface area contributed by atoms with Crippen molar-refractivity contribution in [3.8, 4) is 0 Å². The predicted molar refractivity (Wildman–Crippen MR) is 88.9 cm³/mol. The molecule has 0 radical (unpaired) electrons. The molecule has 24 heavy (non-hydrogen) atoms. The molecular formula is C15H17BrN4O4. The van der Waals surface area contributed by atoms with Crippen molar-refractivity contribution < 1.29 is 19.1 Å². The third-order valence-electron chi connectivity index (χ3n) is 3.88. The zero-order valence-electron chi connectivity index (χ0n) is 13.3. The first-order valence-electron chi connectivity index (χ1n) is 7.65. The minimum atomic E-state index is -0.324. The fourth-order valence-corrected chi connectivity index (χ4v) is 3.11. The molecule has 0 spiro atoms. The van der Waals surface area contributed by atoms with Crippen LogP contribution in [0.1, 0.15) is 20.3 Å². The number of nitrogens with zero attached hydrogens (tertiary/aromatic N) is 4. The number of fused-ring (bicyclic) bond motifs is 1. The summed E-state index contributed by atoms with van der Waals surface area (Å²) in [6.07, 6.45) is 0.377. The van der Waals surface area contributed by atoms with E-state index in [-0.39, 0.29) is 35.0 Å². The fourth-order valence-electron chi connectivity index (χ4n) is 2.76. The number of carbonyl (C=O) groups is 1. The lowest BCUT2D eigenvalue weighted by atomic mass is 10.1. The normalized spacial score (nSPS) is 17.7. The molecule has 1 aliphatic heterocycles. The Morgan fingerprint density at radius 1 is 1.42 bits per heavy atom. The van der Waals surface area contributed by atoms with Crippen molar-refractivity contribution in [1.82, 2.24) is 5.10 Å². The summed E-state index contributed by atoms with van der Waals surface area (Å²) in [7, 11) is 0. The Labute approximate surface area is 146 Å². The van der Waals surface area contributed by atoms with Crippen LogP contribution in [0.25, 0.3) is 11.0 Å². The van der Waals surface area contributed by atoms with Crippen molar-refractivity contribution in [2.45, 2.75) is 26.4 Å². The topological polar surface area (TPSA) is 96.3 Å². The van der Waals surface area contributed by atoms with E-state index >= 15 is 0 Å². The van der Waals surface area contributed by atoms with Crippen molar-refractivity contribution in [2.75, 3.05) is 18.0 Å². The maximum absolute atomic E-state index is 12.6. The van der Waals surface area contributed by atoms with Crippen LogP contribution in [-0.2, 0) is 9.53 Å². The lowest BCUT2D eigenvalue weighted by Crippen LogP contribution is -2.47. The molecule has 1 aliphatic rings. The van der Waals surface area contributed by atoms with Crippen LogP contribution in [-0.4, -0.2) is 30.3 Å². The van der Waals surface area contributed by atoms with Crippen molar-refractivity contribution in [3.05, 3.63) is 33.1 Å². The number of esters is 1. The maximum atomic E-state index is 12.6. The zero-order valence-corrected chi connectivity index (χ0v) is 14.9. The Morgan fingerprint density at radius 2 is 2.17 bits per heavy atom. The highest BCUT2D eigenvalue weighted by Gasteiger charge is 2.38. The van der Waals surface area contributed by atoms with Crippen molar-refractivity contribution in [1.29, 1.82) is 0 Å². The Hall–Kier alpha value is -2.16. The lowest BCUT2D eigenvalue weighted by Gasteiger charge is -2.16. The van der Waals surface area contributed by atoms with Gasteiger partial charge in [-0.25, -0.2) is 4.73 Å². The SMILES string of the molecule is CC(C)OC(=O)C1CCN(c2n[n+]([O-])c3cc(Br)ccc3[n+]2[O-])C1. The number of hydrogen-bond acceptors (Lipinski definition) is 6. The summed E-state index contributed by atoms with van der Waals surface area (Å²) < 4.78 is 6.53. The summed E-state index contributed by atoms with van der Waals surface area (Å²) in [4.78, 5) is 14.1. The van der Waals surface area contributed by atoms with Gasteiger partial charge in [0.15, 0.2) is 5.52 Å². The molecule has 0 bridgehead atoms. The zero-order chi connectivity index (χ0) is 17.4. The monoisotopic (exact) mass is 396 g/mol. The number of carbonyl (C=O) groups excluding carboxylic acids is 1. The first-order chi connectivity index (χ1) is 11.4. The van der Waals surface area contributed by atoms with Crippen LogP contribution in [0.15, 0.2) is 22.7 Å². The molecule has 0 saturated carbocycles. The van der Waals surface area contributed by atoms with Crippen molar-refractivity contribution in [2.24, 2.45) is 5.92 Å². The van der Waals surface area contributed by atoms with Gasteiger partial charge < -0.3 is 15.2 Å². The van der Waals surface area contributed by atoms with Crippen LogP contribution < -0.4 is 14.5 Å². The van der Waals surface area contributed by atoms with Gasteiger partial charge in [-0.1, -0.05) is 15.9 Å². The van der Waals surface area contributed by atoms with Gasteiger partial charge >= 0.3 is 17.4 Å². The van der Waals surface area contributed by atoms with Gasteiger partial charge in [0.25, 0.3) is 0 Å². The van der Waals surface area contributed by atoms with Gasteiger partial charge in [0, 0.05) is 15.4 Å². The molecule has 1 unspecified atom stereocenters. The first kappa shape index (κ1) is 16.7. The molecule has 2 heterocycles. The van der Waals surface area contributed by atoms with Crippen LogP contribution >= 0.6 is 15.9 Å². The highest BCUT2D eigenvalue weighted by atomic mass is 79.9. The highest BCUT2D eigenvalue weighted by molar-refractivity contribution is 9.10. The first-order valence-corrected chi connectivity index (χ1v) is 8.44. The quantitative estimate of drug-likeness (QED) is 0.436. The van der Waals surface area contributed by atoms with Gasteiger partial charge in [0.05, 0.1) is 25.1 Å². The van der Waals surface area contributed by atoms with Gasteiger partial charge in [-0.2, -0.15) is 0 Å². The van der Waals surface area contributed by atoms with E-state index in [9.17, 15) is 15.2 Å². The molecule has 1 fully saturated rings. The van der Waals surface area contributed by atoms with E-state index < -0.39 is 0 Å². The van der Waals surface area contributed by atoms with E-state index in [1.54, 1.807) is 36.9 Å². The summed E-state index contributed by atoms with van der Waals surface area (Å²) >= 11 is 3.27. The largest absolute Gasteiger partial charge is 0.739 e. The lowest BCUT2D eigenvalue weighted by molar-refractivity contribution is -0.673. The van der Waals surface area contributed by atoms with Gasteiger partial charge in [-0.3, -0.25) is 9.69 Å². The van der Waals surface area contributed by atoms with Gasteiger partial charge in [-0.05, 0) is 32.4 Å². The average molecular weight is 397 g/mol. The highest BCUT2D eigenvalue weighted by Crippen LogP contribution is 2.22.